The number of hydrogen-bond donors (Lipinski definition) is 4. The number of aromatic amines is 1. The Balaban J connectivity index is 0.000000157. The van der Waals surface area contributed by atoms with Crippen molar-refractivity contribution < 1.29 is 19.5 Å². The number of benzene rings is 2. The Hall–Kier alpha value is -3.65. The number of fused-ring (bicyclic) bond motifs is 2. The van der Waals surface area contributed by atoms with Crippen LogP contribution in [0.1, 0.15) is 72.3 Å². The molecule has 8 heteroatoms. The lowest BCUT2D eigenvalue weighted by molar-refractivity contribution is -0.125. The summed E-state index contributed by atoms with van der Waals surface area (Å²) in [7, 11) is 1.50. The summed E-state index contributed by atoms with van der Waals surface area (Å²) in [6.07, 6.45) is 10.9. The summed E-state index contributed by atoms with van der Waals surface area (Å²) in [5.74, 6) is 0.260. The molecule has 3 aliphatic rings. The Labute approximate surface area is 223 Å². The Morgan fingerprint density at radius 2 is 1.84 bits per heavy atom. The quantitative estimate of drug-likeness (QED) is 0.364. The van der Waals surface area contributed by atoms with E-state index in [1.54, 1.807) is 6.07 Å². The van der Waals surface area contributed by atoms with E-state index in [0.717, 1.165) is 25.3 Å². The lowest BCUT2D eigenvalue weighted by Crippen LogP contribution is -2.46. The molecule has 1 aromatic heterocycles. The number of phenolic OH excluding ortho intramolecular Hbond substituents is 1. The highest BCUT2D eigenvalue weighted by molar-refractivity contribution is 6.01. The standard InChI is InChI=1S/C14H16N2O4.C11H12N2.C5H10/c1-15-13(19)12(3-2-6-17)16-8-9-7-10(18)4-5-11(9)14(16)20;1-2-4-11-9(3-1)10(7-13-11)8-5-12-6-8;1-2-4-5-3-1/h4-7,12,18H,2-3,8H2,1H3,(H,15,19);1-4,7-8,12-13H,5-6H2;1-5H2. The van der Waals surface area contributed by atoms with Crippen molar-refractivity contribution in [2.75, 3.05) is 20.1 Å². The van der Waals surface area contributed by atoms with E-state index in [1.165, 1.54) is 72.7 Å². The molecule has 6 rings (SSSR count). The normalized spacial score (nSPS) is 17.0. The first-order chi connectivity index (χ1) is 18.5. The van der Waals surface area contributed by atoms with E-state index in [1.807, 2.05) is 0 Å². The average Bonchev–Trinajstić information content (AvgIpc) is 3.67. The molecule has 1 atom stereocenters. The van der Waals surface area contributed by atoms with Crippen LogP contribution < -0.4 is 10.6 Å². The number of aldehydes is 1. The molecule has 0 bridgehead atoms. The Bertz CT molecular complexity index is 1240. The van der Waals surface area contributed by atoms with Crippen molar-refractivity contribution in [1.82, 2.24) is 20.5 Å². The van der Waals surface area contributed by atoms with Crippen molar-refractivity contribution in [2.45, 2.75) is 63.5 Å². The Morgan fingerprint density at radius 3 is 2.47 bits per heavy atom. The summed E-state index contributed by atoms with van der Waals surface area (Å²) in [4.78, 5) is 39.5. The van der Waals surface area contributed by atoms with Crippen molar-refractivity contribution in [3.8, 4) is 5.75 Å². The monoisotopic (exact) mass is 518 g/mol. The van der Waals surface area contributed by atoms with Crippen molar-refractivity contribution in [3.05, 3.63) is 65.4 Å². The number of aromatic hydroxyl groups is 1. The van der Waals surface area contributed by atoms with Crippen LogP contribution in [0.3, 0.4) is 0 Å². The van der Waals surface area contributed by atoms with Crippen molar-refractivity contribution in [3.63, 3.8) is 0 Å². The number of carbonyl (C=O) groups excluding carboxylic acids is 3. The third-order valence-corrected chi connectivity index (χ3v) is 7.50. The number of carbonyl (C=O) groups is 3. The predicted octanol–water partition coefficient (Wildman–Crippen LogP) is 4.25. The van der Waals surface area contributed by atoms with Gasteiger partial charge in [-0.2, -0.15) is 0 Å². The molecule has 4 N–H and O–H groups in total. The molecule has 2 amide bonds. The van der Waals surface area contributed by atoms with Crippen LogP contribution in [0.5, 0.6) is 5.75 Å². The molecule has 2 fully saturated rings. The fourth-order valence-corrected chi connectivity index (χ4v) is 5.23. The summed E-state index contributed by atoms with van der Waals surface area (Å²) in [5.41, 5.74) is 3.90. The van der Waals surface area contributed by atoms with Crippen molar-refractivity contribution in [1.29, 1.82) is 0 Å². The number of H-pyrrole nitrogens is 1. The lowest BCUT2D eigenvalue weighted by Gasteiger charge is -2.26. The average molecular weight is 519 g/mol. The molecular formula is C30H38N4O4. The van der Waals surface area contributed by atoms with E-state index >= 15 is 0 Å². The first kappa shape index (κ1) is 27.4. The van der Waals surface area contributed by atoms with Gasteiger partial charge in [0, 0.05) is 61.7 Å². The molecule has 8 nitrogen and oxygen atoms in total. The summed E-state index contributed by atoms with van der Waals surface area (Å²) in [5, 5.41) is 16.6. The first-order valence-corrected chi connectivity index (χ1v) is 13.6. The number of phenols is 1. The van der Waals surface area contributed by atoms with Gasteiger partial charge in [0.1, 0.15) is 18.1 Å². The van der Waals surface area contributed by atoms with Gasteiger partial charge < -0.3 is 30.4 Å². The van der Waals surface area contributed by atoms with Gasteiger partial charge in [-0.15, -0.1) is 0 Å². The molecule has 3 heterocycles. The third-order valence-electron chi connectivity index (χ3n) is 7.50. The first-order valence-electron chi connectivity index (χ1n) is 13.6. The van der Waals surface area contributed by atoms with E-state index in [9.17, 15) is 19.5 Å². The molecule has 0 spiro atoms. The molecule has 2 aromatic carbocycles. The summed E-state index contributed by atoms with van der Waals surface area (Å²) < 4.78 is 0. The molecule has 2 aliphatic heterocycles. The van der Waals surface area contributed by atoms with Gasteiger partial charge in [-0.05, 0) is 41.8 Å². The van der Waals surface area contributed by atoms with E-state index in [2.05, 4.69) is 46.1 Å². The molecule has 1 aliphatic carbocycles. The number of hydrogen-bond acceptors (Lipinski definition) is 5. The molecule has 1 saturated carbocycles. The van der Waals surface area contributed by atoms with E-state index in [-0.39, 0.29) is 37.0 Å². The second-order valence-electron chi connectivity index (χ2n) is 10.1. The summed E-state index contributed by atoms with van der Waals surface area (Å²) in [6.45, 7) is 2.52. The minimum Gasteiger partial charge on any atom is -0.508 e. The maximum atomic E-state index is 12.3. The highest BCUT2D eigenvalue weighted by atomic mass is 16.3. The van der Waals surface area contributed by atoms with Crippen LogP contribution in [-0.2, 0) is 16.1 Å². The predicted molar refractivity (Wildman–Crippen MR) is 148 cm³/mol. The lowest BCUT2D eigenvalue weighted by atomic mass is 9.93. The zero-order valence-electron chi connectivity index (χ0n) is 22.0. The Kier molecular flexibility index (Phi) is 9.54. The van der Waals surface area contributed by atoms with Crippen LogP contribution in [0.2, 0.25) is 0 Å². The fourth-order valence-electron chi connectivity index (χ4n) is 5.23. The minimum absolute atomic E-state index is 0.0859. The zero-order chi connectivity index (χ0) is 26.9. The third kappa shape index (κ3) is 6.42. The number of para-hydroxylation sites is 1. The maximum absolute atomic E-state index is 12.3. The number of nitrogens with one attached hydrogen (secondary N) is 3. The van der Waals surface area contributed by atoms with Gasteiger partial charge in [0.05, 0.1) is 0 Å². The molecule has 202 valence electrons. The molecular weight excluding hydrogens is 480 g/mol. The number of nitrogens with zero attached hydrogens (tertiary/aromatic N) is 1. The second-order valence-corrected chi connectivity index (χ2v) is 10.1. The van der Waals surface area contributed by atoms with Crippen LogP contribution in [0, 0.1) is 0 Å². The number of likely N-dealkylation sites (N-methyl/N-ethyl adjacent to an activating group) is 1. The van der Waals surface area contributed by atoms with Gasteiger partial charge in [0.2, 0.25) is 5.91 Å². The number of aromatic nitrogens is 1. The summed E-state index contributed by atoms with van der Waals surface area (Å²) in [6, 6.07) is 12.3. The minimum atomic E-state index is -0.674. The Morgan fingerprint density at radius 1 is 1.13 bits per heavy atom. The van der Waals surface area contributed by atoms with Gasteiger partial charge in [-0.25, -0.2) is 0 Å². The number of rotatable bonds is 6. The molecule has 1 unspecified atom stereocenters. The van der Waals surface area contributed by atoms with Gasteiger partial charge in [-0.1, -0.05) is 50.3 Å². The molecule has 0 radical (unpaired) electrons. The molecule has 3 aromatic rings. The van der Waals surface area contributed by atoms with Gasteiger partial charge in [0.25, 0.3) is 5.91 Å². The van der Waals surface area contributed by atoms with E-state index in [4.69, 9.17) is 0 Å². The van der Waals surface area contributed by atoms with Crippen molar-refractivity contribution >= 4 is 29.0 Å². The van der Waals surface area contributed by atoms with Crippen LogP contribution in [0.15, 0.2) is 48.7 Å². The van der Waals surface area contributed by atoms with E-state index in [0.29, 0.717) is 11.1 Å². The zero-order valence-corrected chi connectivity index (χ0v) is 22.0. The largest absolute Gasteiger partial charge is 0.508 e. The van der Waals surface area contributed by atoms with Crippen LogP contribution >= 0.6 is 0 Å². The topological polar surface area (TPSA) is 115 Å². The smallest absolute Gasteiger partial charge is 0.255 e. The molecule has 38 heavy (non-hydrogen) atoms. The van der Waals surface area contributed by atoms with Crippen molar-refractivity contribution in [2.24, 2.45) is 0 Å². The highest BCUT2D eigenvalue weighted by Crippen LogP contribution is 2.29. The van der Waals surface area contributed by atoms with Gasteiger partial charge in [-0.3, -0.25) is 9.59 Å². The van der Waals surface area contributed by atoms with Crippen LogP contribution in [0.25, 0.3) is 10.9 Å². The van der Waals surface area contributed by atoms with Gasteiger partial charge in [0.15, 0.2) is 0 Å². The van der Waals surface area contributed by atoms with Crippen LogP contribution in [-0.4, -0.2) is 59.3 Å². The maximum Gasteiger partial charge on any atom is 0.255 e. The van der Waals surface area contributed by atoms with Gasteiger partial charge >= 0.3 is 0 Å². The highest BCUT2D eigenvalue weighted by Gasteiger charge is 2.35. The van der Waals surface area contributed by atoms with Crippen LogP contribution in [0.4, 0.5) is 0 Å². The fraction of sp³-hybridized carbons (Fsp3) is 0.433. The summed E-state index contributed by atoms with van der Waals surface area (Å²) >= 11 is 0. The van der Waals surface area contributed by atoms with E-state index < -0.39 is 6.04 Å². The SMILES string of the molecule is C1CCCC1.CNC(=O)C(CCC=O)N1Cc2cc(O)ccc2C1=O.c1ccc2c(C3CNC3)c[nH]c2c1. The molecule has 1 saturated heterocycles. The number of amides is 2. The second kappa shape index (κ2) is 13.2.